The van der Waals surface area contributed by atoms with Crippen LogP contribution < -0.4 is 5.32 Å². The Morgan fingerprint density at radius 1 is 1.21 bits per heavy atom. The van der Waals surface area contributed by atoms with Crippen molar-refractivity contribution in [3.63, 3.8) is 0 Å². The summed E-state index contributed by atoms with van der Waals surface area (Å²) in [5.41, 5.74) is 4.75. The van der Waals surface area contributed by atoms with Gasteiger partial charge >= 0.3 is 0 Å². The van der Waals surface area contributed by atoms with Crippen LogP contribution in [0.5, 0.6) is 0 Å². The molecule has 0 saturated carbocycles. The summed E-state index contributed by atoms with van der Waals surface area (Å²) in [7, 11) is 2.17. The number of nitrogens with zero attached hydrogens (tertiary/aromatic N) is 2. The molecule has 1 fully saturated rings. The van der Waals surface area contributed by atoms with E-state index >= 15 is 0 Å². The normalized spacial score (nSPS) is 15.3. The van der Waals surface area contributed by atoms with Crippen molar-refractivity contribution >= 4 is 16.8 Å². The molecular weight excluding hydrogens is 360 g/mol. The monoisotopic (exact) mass is 386 g/mol. The lowest BCUT2D eigenvalue weighted by Crippen LogP contribution is -2.29. The predicted octanol–water partition coefficient (Wildman–Crippen LogP) is 3.82. The van der Waals surface area contributed by atoms with Gasteiger partial charge in [-0.3, -0.25) is 4.79 Å². The summed E-state index contributed by atoms with van der Waals surface area (Å²) in [5.74, 6) is 0.560. The topological polar surface area (TPSA) is 71.9 Å². The van der Waals surface area contributed by atoms with Crippen molar-refractivity contribution in [2.24, 2.45) is 0 Å². The highest BCUT2D eigenvalue weighted by Crippen LogP contribution is 2.27. The maximum atomic E-state index is 12.5. The van der Waals surface area contributed by atoms with Crippen molar-refractivity contribution in [2.45, 2.75) is 25.2 Å². The van der Waals surface area contributed by atoms with Crippen molar-refractivity contribution in [2.75, 3.05) is 26.7 Å². The van der Waals surface area contributed by atoms with Gasteiger partial charge in [-0.15, -0.1) is 0 Å². The average molecular weight is 386 g/mol. The van der Waals surface area contributed by atoms with E-state index in [1.165, 1.54) is 18.4 Å². The Balaban J connectivity index is 1.32. The quantitative estimate of drug-likeness (QED) is 0.700. The number of carbonyl (C=O) groups is 1. The van der Waals surface area contributed by atoms with E-state index in [2.05, 4.69) is 40.5 Å². The molecule has 1 amide bonds. The van der Waals surface area contributed by atoms with Gasteiger partial charge in [-0.2, -0.15) is 5.26 Å². The third-order valence-corrected chi connectivity index (χ3v) is 5.93. The van der Waals surface area contributed by atoms with Gasteiger partial charge in [-0.05, 0) is 80.7 Å². The van der Waals surface area contributed by atoms with Gasteiger partial charge in [0.15, 0.2) is 0 Å². The highest BCUT2D eigenvalue weighted by Gasteiger charge is 2.18. The molecule has 1 saturated heterocycles. The number of rotatable bonds is 5. The summed E-state index contributed by atoms with van der Waals surface area (Å²) >= 11 is 0. The Morgan fingerprint density at radius 2 is 1.97 bits per heavy atom. The first-order chi connectivity index (χ1) is 14.1. The second kappa shape index (κ2) is 8.50. The molecule has 148 valence electrons. The first-order valence-electron chi connectivity index (χ1n) is 10.2. The number of hydrogen-bond donors (Lipinski definition) is 2. The van der Waals surface area contributed by atoms with Crippen molar-refractivity contribution in [3.05, 3.63) is 70.9 Å². The maximum absolute atomic E-state index is 12.5. The number of likely N-dealkylation sites (tertiary alicyclic amines) is 1. The number of H-pyrrole nitrogens is 1. The second-order valence-electron chi connectivity index (χ2n) is 7.90. The first-order valence-corrected chi connectivity index (χ1v) is 10.2. The summed E-state index contributed by atoms with van der Waals surface area (Å²) < 4.78 is 0. The van der Waals surface area contributed by atoms with Crippen LogP contribution in [0, 0.1) is 11.3 Å². The lowest BCUT2D eigenvalue weighted by atomic mass is 9.89. The van der Waals surface area contributed by atoms with Gasteiger partial charge in [-0.1, -0.05) is 18.2 Å². The summed E-state index contributed by atoms with van der Waals surface area (Å²) in [6, 6.07) is 16.3. The van der Waals surface area contributed by atoms with Crippen LogP contribution >= 0.6 is 0 Å². The third-order valence-electron chi connectivity index (χ3n) is 5.93. The third kappa shape index (κ3) is 4.33. The molecule has 5 nitrogen and oxygen atoms in total. The molecule has 5 heteroatoms. The molecule has 2 N–H and O–H groups in total. The van der Waals surface area contributed by atoms with Gasteiger partial charge in [0.1, 0.15) is 6.07 Å². The van der Waals surface area contributed by atoms with Crippen molar-refractivity contribution in [1.82, 2.24) is 15.2 Å². The van der Waals surface area contributed by atoms with Crippen LogP contribution in [0.1, 0.15) is 45.8 Å². The minimum absolute atomic E-state index is 0.0413. The number of nitrogens with one attached hydrogen (secondary N) is 2. The molecule has 0 bridgehead atoms. The summed E-state index contributed by atoms with van der Waals surface area (Å²) in [4.78, 5) is 17.9. The number of piperidine rings is 1. The molecule has 29 heavy (non-hydrogen) atoms. The van der Waals surface area contributed by atoms with Crippen molar-refractivity contribution in [3.8, 4) is 6.07 Å². The lowest BCUT2D eigenvalue weighted by molar-refractivity contribution is 0.0954. The van der Waals surface area contributed by atoms with E-state index in [1.807, 2.05) is 30.3 Å². The zero-order valence-corrected chi connectivity index (χ0v) is 16.7. The van der Waals surface area contributed by atoms with Crippen LogP contribution in [-0.2, 0) is 6.42 Å². The number of hydrogen-bond acceptors (Lipinski definition) is 3. The van der Waals surface area contributed by atoms with Crippen LogP contribution in [-0.4, -0.2) is 42.5 Å². The number of fused-ring (bicyclic) bond motifs is 1. The molecule has 1 aliphatic rings. The molecule has 0 aliphatic carbocycles. The van der Waals surface area contributed by atoms with E-state index in [9.17, 15) is 10.1 Å². The van der Waals surface area contributed by atoms with E-state index in [0.29, 0.717) is 23.6 Å². The van der Waals surface area contributed by atoms with Crippen molar-refractivity contribution < 1.29 is 4.79 Å². The van der Waals surface area contributed by atoms with Gasteiger partial charge in [0.25, 0.3) is 5.91 Å². The maximum Gasteiger partial charge on any atom is 0.251 e. The van der Waals surface area contributed by atoms with Gasteiger partial charge in [0.05, 0.1) is 5.56 Å². The zero-order chi connectivity index (χ0) is 20.2. The Labute approximate surface area is 171 Å². The van der Waals surface area contributed by atoms with Gasteiger partial charge in [-0.25, -0.2) is 0 Å². The molecule has 2 aromatic carbocycles. The lowest BCUT2D eigenvalue weighted by Gasteiger charge is -2.29. The molecule has 2 heterocycles. The number of amides is 1. The van der Waals surface area contributed by atoms with E-state index < -0.39 is 0 Å². The standard InChI is InChI=1S/C24H26N4O/c1-28-12-9-19(10-13-28)18-3-5-20(6-4-18)24(29)26-11-8-17-2-7-23-22(14-17)21(15-25)16-27-23/h2-7,14,16,19,27H,8-13H2,1H3,(H,26,29). The van der Waals surface area contributed by atoms with E-state index in [1.54, 1.807) is 6.20 Å². The van der Waals surface area contributed by atoms with E-state index in [4.69, 9.17) is 0 Å². The molecule has 0 unspecified atom stereocenters. The second-order valence-corrected chi connectivity index (χ2v) is 7.90. The highest BCUT2D eigenvalue weighted by atomic mass is 16.1. The van der Waals surface area contributed by atoms with Crippen LogP contribution in [0.15, 0.2) is 48.7 Å². The Kier molecular flexibility index (Phi) is 5.64. The summed E-state index contributed by atoms with van der Waals surface area (Å²) in [6.45, 7) is 2.84. The fraction of sp³-hybridized carbons (Fsp3) is 0.333. The smallest absolute Gasteiger partial charge is 0.251 e. The highest BCUT2D eigenvalue weighted by molar-refractivity contribution is 5.94. The van der Waals surface area contributed by atoms with Gasteiger partial charge in [0.2, 0.25) is 0 Å². The molecule has 1 aromatic heterocycles. The van der Waals surface area contributed by atoms with E-state index in [-0.39, 0.29) is 5.91 Å². The Bertz CT molecular complexity index is 1040. The SMILES string of the molecule is CN1CCC(c2ccc(C(=O)NCCc3ccc4[nH]cc(C#N)c4c3)cc2)CC1. The zero-order valence-electron chi connectivity index (χ0n) is 16.7. The molecule has 4 rings (SSSR count). The van der Waals surface area contributed by atoms with Crippen LogP contribution in [0.3, 0.4) is 0 Å². The van der Waals surface area contributed by atoms with Crippen LogP contribution in [0.4, 0.5) is 0 Å². The van der Waals surface area contributed by atoms with Gasteiger partial charge in [0, 0.05) is 29.2 Å². The fourth-order valence-electron chi connectivity index (χ4n) is 4.09. The molecule has 3 aromatic rings. The Morgan fingerprint density at radius 3 is 2.69 bits per heavy atom. The molecular formula is C24H26N4O. The number of aromatic nitrogens is 1. The summed E-state index contributed by atoms with van der Waals surface area (Å²) in [5, 5.41) is 13.1. The molecule has 0 radical (unpaired) electrons. The number of benzene rings is 2. The summed E-state index contributed by atoms with van der Waals surface area (Å²) in [6.07, 6.45) is 4.82. The molecule has 0 spiro atoms. The number of carbonyl (C=O) groups excluding carboxylic acids is 1. The minimum atomic E-state index is -0.0413. The van der Waals surface area contributed by atoms with Crippen LogP contribution in [0.2, 0.25) is 0 Å². The Hall–Kier alpha value is -3.10. The minimum Gasteiger partial charge on any atom is -0.360 e. The van der Waals surface area contributed by atoms with Crippen molar-refractivity contribution in [1.29, 1.82) is 5.26 Å². The number of nitriles is 1. The average Bonchev–Trinajstić information content (AvgIpc) is 3.17. The predicted molar refractivity (Wildman–Crippen MR) is 115 cm³/mol. The number of aromatic amines is 1. The van der Waals surface area contributed by atoms with E-state index in [0.717, 1.165) is 36.0 Å². The largest absolute Gasteiger partial charge is 0.360 e. The van der Waals surface area contributed by atoms with Crippen LogP contribution in [0.25, 0.3) is 10.9 Å². The molecule has 1 aliphatic heterocycles. The first kappa shape index (κ1) is 19.2. The molecule has 0 atom stereocenters. The fourth-order valence-corrected chi connectivity index (χ4v) is 4.09. The van der Waals surface area contributed by atoms with Gasteiger partial charge < -0.3 is 15.2 Å².